The van der Waals surface area contributed by atoms with E-state index in [-0.39, 0.29) is 5.60 Å². The second kappa shape index (κ2) is 11.0. The number of aromatic hydroxyl groups is 1. The summed E-state index contributed by atoms with van der Waals surface area (Å²) in [5, 5.41) is 18.6. The van der Waals surface area contributed by atoms with Gasteiger partial charge in [0, 0.05) is 8.95 Å². The molecule has 3 rings (SSSR count). The fourth-order valence-corrected chi connectivity index (χ4v) is 2.77. The minimum Gasteiger partial charge on any atom is -0.508 e. The lowest BCUT2D eigenvalue weighted by molar-refractivity contribution is 0.0284. The van der Waals surface area contributed by atoms with Crippen LogP contribution in [0.15, 0.2) is 33.2 Å². The molecule has 0 saturated carbocycles. The summed E-state index contributed by atoms with van der Waals surface area (Å²) in [5.41, 5.74) is 3.87. The Kier molecular flexibility index (Phi) is 9.87. The fourth-order valence-electron chi connectivity index (χ4n) is 2.32. The molecule has 0 aliphatic carbocycles. The first-order valence-corrected chi connectivity index (χ1v) is 11.4. The van der Waals surface area contributed by atoms with Gasteiger partial charge >= 0.3 is 0 Å². The molecule has 0 amide bonds. The normalized spacial score (nSPS) is 14.1. The van der Waals surface area contributed by atoms with Crippen LogP contribution in [0.4, 0.5) is 0 Å². The van der Waals surface area contributed by atoms with Crippen molar-refractivity contribution in [2.45, 2.75) is 66.6 Å². The van der Waals surface area contributed by atoms with Gasteiger partial charge in [-0.15, -0.1) is 0 Å². The van der Waals surface area contributed by atoms with Gasteiger partial charge in [0.05, 0.1) is 17.8 Å². The Hall–Kier alpha value is -1.08. The van der Waals surface area contributed by atoms with Crippen molar-refractivity contribution in [2.24, 2.45) is 0 Å². The molecule has 0 spiro atoms. The van der Waals surface area contributed by atoms with Crippen molar-refractivity contribution in [1.82, 2.24) is 0 Å². The van der Waals surface area contributed by atoms with Crippen LogP contribution in [-0.4, -0.2) is 34.6 Å². The van der Waals surface area contributed by atoms with Crippen LogP contribution in [0.1, 0.15) is 49.9 Å². The molecular weight excluding hydrogens is 512 g/mol. The highest BCUT2D eigenvalue weighted by Gasteiger charge is 2.32. The number of benzene rings is 2. The van der Waals surface area contributed by atoms with Gasteiger partial charge in [0.15, 0.2) is 0 Å². The molecule has 1 heterocycles. The predicted octanol–water partition coefficient (Wildman–Crippen LogP) is 6.78. The van der Waals surface area contributed by atoms with Crippen molar-refractivity contribution >= 4 is 31.9 Å². The van der Waals surface area contributed by atoms with Crippen LogP contribution >= 0.6 is 31.9 Å². The Morgan fingerprint density at radius 3 is 1.57 bits per heavy atom. The van der Waals surface area contributed by atoms with Gasteiger partial charge in [-0.05, 0) is 102 Å². The standard InChI is InChI=1S/C12H17BrO2.C8H9BrO.C4H8O/c1-8-5-10(6-9(2)11(8)13)15-7-12(3,4)14;1-5-3-7(10)4-6(2)8(5)9;1-4(2)3-5-4/h5-6,14H,7H2,1-4H3;3-4,10H,1-2H3;3H2,1-2H3. The molecule has 1 fully saturated rings. The van der Waals surface area contributed by atoms with E-state index in [1.807, 2.05) is 39.8 Å². The molecule has 1 aliphatic rings. The second-order valence-electron chi connectivity index (χ2n) is 8.91. The van der Waals surface area contributed by atoms with Gasteiger partial charge in [0.25, 0.3) is 0 Å². The largest absolute Gasteiger partial charge is 0.508 e. The SMILES string of the molecule is CC1(C)CO1.Cc1cc(O)cc(C)c1Br.Cc1cc(OCC(C)(C)O)cc(C)c1Br. The second-order valence-corrected chi connectivity index (χ2v) is 10.5. The van der Waals surface area contributed by atoms with Crippen LogP contribution in [0.3, 0.4) is 0 Å². The zero-order chi connectivity index (χ0) is 23.3. The first-order chi connectivity index (χ1) is 13.6. The summed E-state index contributed by atoms with van der Waals surface area (Å²) in [5.74, 6) is 1.13. The molecule has 0 bridgehead atoms. The average molecular weight is 546 g/mol. The van der Waals surface area contributed by atoms with E-state index in [0.29, 0.717) is 12.4 Å². The van der Waals surface area contributed by atoms with Crippen molar-refractivity contribution < 1.29 is 19.7 Å². The number of epoxide rings is 1. The van der Waals surface area contributed by atoms with Gasteiger partial charge in [0.1, 0.15) is 18.1 Å². The zero-order valence-corrected chi connectivity index (χ0v) is 22.4. The van der Waals surface area contributed by atoms with Crippen molar-refractivity contribution in [3.05, 3.63) is 55.5 Å². The van der Waals surface area contributed by atoms with Crippen LogP contribution in [0.2, 0.25) is 0 Å². The first kappa shape index (κ1) is 27.0. The summed E-state index contributed by atoms with van der Waals surface area (Å²) in [6, 6.07) is 7.39. The third-order valence-corrected chi connectivity index (χ3v) is 6.65. The molecule has 0 aromatic heterocycles. The number of hydrogen-bond acceptors (Lipinski definition) is 4. The van der Waals surface area contributed by atoms with E-state index in [0.717, 1.165) is 43.6 Å². The lowest BCUT2D eigenvalue weighted by Crippen LogP contribution is -2.27. The Morgan fingerprint density at radius 1 is 0.933 bits per heavy atom. The van der Waals surface area contributed by atoms with Crippen molar-refractivity contribution in [3.63, 3.8) is 0 Å². The van der Waals surface area contributed by atoms with Gasteiger partial charge in [-0.1, -0.05) is 31.9 Å². The van der Waals surface area contributed by atoms with Crippen molar-refractivity contribution in [2.75, 3.05) is 13.2 Å². The molecule has 0 unspecified atom stereocenters. The summed E-state index contributed by atoms with van der Waals surface area (Å²) in [6.07, 6.45) is 0. The number of ether oxygens (including phenoxy) is 2. The van der Waals surface area contributed by atoms with Crippen molar-refractivity contribution in [1.29, 1.82) is 0 Å². The molecule has 30 heavy (non-hydrogen) atoms. The van der Waals surface area contributed by atoms with E-state index in [4.69, 9.17) is 14.6 Å². The number of rotatable bonds is 3. The highest BCUT2D eigenvalue weighted by Crippen LogP contribution is 2.27. The Bertz CT molecular complexity index is 803. The molecule has 0 atom stereocenters. The average Bonchev–Trinajstić information content (AvgIpc) is 3.30. The van der Waals surface area contributed by atoms with Gasteiger partial charge < -0.3 is 19.7 Å². The third kappa shape index (κ3) is 10.3. The maximum absolute atomic E-state index is 9.54. The monoisotopic (exact) mass is 544 g/mol. The minimum absolute atomic E-state index is 0.250. The van der Waals surface area contributed by atoms with E-state index >= 15 is 0 Å². The fraction of sp³-hybridized carbons (Fsp3) is 0.500. The van der Waals surface area contributed by atoms with E-state index < -0.39 is 5.60 Å². The van der Waals surface area contributed by atoms with Gasteiger partial charge in [-0.2, -0.15) is 0 Å². The summed E-state index contributed by atoms with van der Waals surface area (Å²) >= 11 is 6.90. The maximum Gasteiger partial charge on any atom is 0.120 e. The smallest absolute Gasteiger partial charge is 0.120 e. The molecule has 0 radical (unpaired) electrons. The van der Waals surface area contributed by atoms with Crippen LogP contribution in [0.5, 0.6) is 11.5 Å². The van der Waals surface area contributed by atoms with Crippen LogP contribution < -0.4 is 4.74 Å². The third-order valence-electron chi connectivity index (χ3n) is 4.14. The molecule has 2 aromatic rings. The molecule has 2 aromatic carbocycles. The van der Waals surface area contributed by atoms with Crippen LogP contribution in [-0.2, 0) is 4.74 Å². The van der Waals surface area contributed by atoms with E-state index in [9.17, 15) is 5.11 Å². The summed E-state index contributed by atoms with van der Waals surface area (Å²) in [6.45, 7) is 16.8. The molecule has 1 aliphatic heterocycles. The lowest BCUT2D eigenvalue weighted by Gasteiger charge is -2.18. The number of halogens is 2. The number of aliphatic hydroxyl groups is 1. The van der Waals surface area contributed by atoms with Gasteiger partial charge in [-0.25, -0.2) is 0 Å². The molecule has 6 heteroatoms. The van der Waals surface area contributed by atoms with E-state index in [1.54, 1.807) is 26.0 Å². The minimum atomic E-state index is -0.797. The van der Waals surface area contributed by atoms with Gasteiger partial charge in [0.2, 0.25) is 0 Å². The Balaban J connectivity index is 0.000000255. The van der Waals surface area contributed by atoms with Crippen LogP contribution in [0.25, 0.3) is 0 Å². The number of aryl methyl sites for hydroxylation is 4. The molecule has 1 saturated heterocycles. The quantitative estimate of drug-likeness (QED) is 0.417. The molecule has 168 valence electrons. The van der Waals surface area contributed by atoms with Crippen molar-refractivity contribution in [3.8, 4) is 11.5 Å². The number of phenols is 1. The first-order valence-electron chi connectivity index (χ1n) is 9.83. The van der Waals surface area contributed by atoms with Gasteiger partial charge in [-0.3, -0.25) is 0 Å². The summed E-state index contributed by atoms with van der Waals surface area (Å²) in [7, 11) is 0. The molecular formula is C24H34Br2O4. The lowest BCUT2D eigenvalue weighted by atomic mass is 10.1. The Labute approximate surface area is 197 Å². The maximum atomic E-state index is 9.54. The van der Waals surface area contributed by atoms with E-state index in [1.165, 1.54) is 0 Å². The van der Waals surface area contributed by atoms with Crippen LogP contribution in [0, 0.1) is 27.7 Å². The summed E-state index contributed by atoms with van der Waals surface area (Å²) in [4.78, 5) is 0. The highest BCUT2D eigenvalue weighted by molar-refractivity contribution is 9.10. The summed E-state index contributed by atoms with van der Waals surface area (Å²) < 4.78 is 12.6. The highest BCUT2D eigenvalue weighted by atomic mass is 79.9. The molecule has 4 nitrogen and oxygen atoms in total. The zero-order valence-electron chi connectivity index (χ0n) is 19.2. The van der Waals surface area contributed by atoms with E-state index in [2.05, 4.69) is 45.7 Å². The number of hydrogen-bond donors (Lipinski definition) is 2. The predicted molar refractivity (Wildman–Crippen MR) is 131 cm³/mol. The number of phenolic OH excluding ortho intramolecular Hbond substituents is 1. The molecule has 2 N–H and O–H groups in total. The Morgan fingerprint density at radius 2 is 1.27 bits per heavy atom. The topological polar surface area (TPSA) is 62.2 Å².